The Labute approximate surface area is 141 Å². The van der Waals surface area contributed by atoms with Crippen LogP contribution in [0.4, 0.5) is 4.39 Å². The Balaban J connectivity index is 2.18. The average molecular weight is 353 g/mol. The van der Waals surface area contributed by atoms with E-state index in [-0.39, 0.29) is 23.3 Å². The Kier molecular flexibility index (Phi) is 5.80. The number of benzene rings is 2. The van der Waals surface area contributed by atoms with Crippen LogP contribution >= 0.6 is 0 Å². The van der Waals surface area contributed by atoms with Gasteiger partial charge in [-0.2, -0.15) is 0 Å². The van der Waals surface area contributed by atoms with Crippen molar-refractivity contribution >= 4 is 10.0 Å². The van der Waals surface area contributed by atoms with Crippen LogP contribution in [-0.2, 0) is 16.6 Å². The highest BCUT2D eigenvalue weighted by atomic mass is 32.2. The van der Waals surface area contributed by atoms with Gasteiger partial charge in [0.05, 0.1) is 13.2 Å². The van der Waals surface area contributed by atoms with Gasteiger partial charge in [-0.1, -0.05) is 12.1 Å². The van der Waals surface area contributed by atoms with E-state index in [0.717, 1.165) is 17.7 Å². The van der Waals surface area contributed by atoms with E-state index < -0.39 is 15.8 Å². The Hall–Kier alpha value is -2.12. The van der Waals surface area contributed by atoms with Gasteiger partial charge in [-0.05, 0) is 49.7 Å². The SMILES string of the molecule is COc1ccc(F)cc1S(=O)(=O)NCc1cccc(OC(C)C)c1. The quantitative estimate of drug-likeness (QED) is 0.831. The van der Waals surface area contributed by atoms with E-state index >= 15 is 0 Å². The van der Waals surface area contributed by atoms with E-state index in [1.165, 1.54) is 13.2 Å². The van der Waals surface area contributed by atoms with Gasteiger partial charge in [0.2, 0.25) is 10.0 Å². The van der Waals surface area contributed by atoms with Crippen LogP contribution in [0.5, 0.6) is 11.5 Å². The zero-order valence-corrected chi connectivity index (χ0v) is 14.6. The average Bonchev–Trinajstić information content (AvgIpc) is 2.53. The summed E-state index contributed by atoms with van der Waals surface area (Å²) in [6, 6.07) is 10.5. The molecule has 0 aliphatic rings. The van der Waals surface area contributed by atoms with Crippen molar-refractivity contribution in [1.29, 1.82) is 0 Å². The van der Waals surface area contributed by atoms with Crippen molar-refractivity contribution in [2.75, 3.05) is 7.11 Å². The number of hydrogen-bond acceptors (Lipinski definition) is 4. The normalized spacial score (nSPS) is 11.5. The van der Waals surface area contributed by atoms with E-state index in [2.05, 4.69) is 4.72 Å². The van der Waals surface area contributed by atoms with Crippen LogP contribution in [0.25, 0.3) is 0 Å². The summed E-state index contributed by atoms with van der Waals surface area (Å²) in [5, 5.41) is 0. The number of rotatable bonds is 7. The fraction of sp³-hybridized carbons (Fsp3) is 0.294. The summed E-state index contributed by atoms with van der Waals surface area (Å²) in [7, 11) is -2.58. The summed E-state index contributed by atoms with van der Waals surface area (Å²) >= 11 is 0. The predicted molar refractivity (Wildman–Crippen MR) is 89.2 cm³/mol. The predicted octanol–water partition coefficient (Wildman–Crippen LogP) is 3.10. The molecule has 0 aromatic heterocycles. The van der Waals surface area contributed by atoms with E-state index in [1.807, 2.05) is 13.8 Å². The zero-order chi connectivity index (χ0) is 17.7. The van der Waals surface area contributed by atoms with Gasteiger partial charge in [0, 0.05) is 6.54 Å². The first kappa shape index (κ1) is 18.2. The molecule has 0 fully saturated rings. The van der Waals surface area contributed by atoms with Crippen LogP contribution in [0.15, 0.2) is 47.4 Å². The first-order valence-electron chi connectivity index (χ1n) is 7.40. The number of ether oxygens (including phenoxy) is 2. The molecular weight excluding hydrogens is 333 g/mol. The molecular formula is C17H20FNO4S. The monoisotopic (exact) mass is 353 g/mol. The molecule has 0 radical (unpaired) electrons. The van der Waals surface area contributed by atoms with Crippen LogP contribution in [-0.4, -0.2) is 21.6 Å². The van der Waals surface area contributed by atoms with Gasteiger partial charge >= 0.3 is 0 Å². The summed E-state index contributed by atoms with van der Waals surface area (Å²) in [6.45, 7) is 3.87. The summed E-state index contributed by atoms with van der Waals surface area (Å²) in [5.41, 5.74) is 0.729. The Morgan fingerprint density at radius 1 is 1.17 bits per heavy atom. The van der Waals surface area contributed by atoms with E-state index in [0.29, 0.717) is 5.75 Å². The Morgan fingerprint density at radius 3 is 2.58 bits per heavy atom. The number of methoxy groups -OCH3 is 1. The lowest BCUT2D eigenvalue weighted by atomic mass is 10.2. The third kappa shape index (κ3) is 4.69. The molecule has 0 saturated heterocycles. The molecule has 0 heterocycles. The third-order valence-corrected chi connectivity index (χ3v) is 4.57. The molecule has 2 aromatic rings. The lowest BCUT2D eigenvalue weighted by Crippen LogP contribution is -2.24. The van der Waals surface area contributed by atoms with Crippen molar-refractivity contribution < 1.29 is 22.3 Å². The van der Waals surface area contributed by atoms with Crippen molar-refractivity contribution in [3.8, 4) is 11.5 Å². The lowest BCUT2D eigenvalue weighted by molar-refractivity contribution is 0.242. The molecule has 0 atom stereocenters. The third-order valence-electron chi connectivity index (χ3n) is 3.15. The zero-order valence-electron chi connectivity index (χ0n) is 13.7. The highest BCUT2D eigenvalue weighted by Crippen LogP contribution is 2.24. The molecule has 0 saturated carbocycles. The van der Waals surface area contributed by atoms with Crippen LogP contribution in [0, 0.1) is 5.82 Å². The van der Waals surface area contributed by atoms with Crippen molar-refractivity contribution in [1.82, 2.24) is 4.72 Å². The maximum atomic E-state index is 13.4. The van der Waals surface area contributed by atoms with E-state index in [4.69, 9.17) is 9.47 Å². The fourth-order valence-electron chi connectivity index (χ4n) is 2.12. The minimum Gasteiger partial charge on any atom is -0.495 e. The van der Waals surface area contributed by atoms with E-state index in [9.17, 15) is 12.8 Å². The lowest BCUT2D eigenvalue weighted by Gasteiger charge is -2.13. The molecule has 2 rings (SSSR count). The van der Waals surface area contributed by atoms with Gasteiger partial charge < -0.3 is 9.47 Å². The van der Waals surface area contributed by atoms with Gasteiger partial charge in [0.15, 0.2) is 0 Å². The van der Waals surface area contributed by atoms with Gasteiger partial charge in [0.25, 0.3) is 0 Å². The molecule has 0 spiro atoms. The molecule has 5 nitrogen and oxygen atoms in total. The summed E-state index contributed by atoms with van der Waals surface area (Å²) in [4.78, 5) is -0.236. The highest BCUT2D eigenvalue weighted by molar-refractivity contribution is 7.89. The van der Waals surface area contributed by atoms with Gasteiger partial charge in [-0.3, -0.25) is 0 Å². The Morgan fingerprint density at radius 2 is 1.92 bits per heavy atom. The van der Waals surface area contributed by atoms with Crippen LogP contribution in [0.2, 0.25) is 0 Å². The summed E-state index contributed by atoms with van der Waals surface area (Å²) in [6.07, 6.45) is 0.0218. The summed E-state index contributed by atoms with van der Waals surface area (Å²) in [5.74, 6) is 0.0920. The number of hydrogen-bond donors (Lipinski definition) is 1. The van der Waals surface area contributed by atoms with Gasteiger partial charge in [-0.25, -0.2) is 17.5 Å². The fourth-order valence-corrected chi connectivity index (χ4v) is 3.31. The first-order valence-corrected chi connectivity index (χ1v) is 8.89. The van der Waals surface area contributed by atoms with Crippen molar-refractivity contribution in [2.24, 2.45) is 0 Å². The van der Waals surface area contributed by atoms with Crippen LogP contribution in [0.1, 0.15) is 19.4 Å². The molecule has 2 aromatic carbocycles. The second-order valence-corrected chi connectivity index (χ2v) is 7.17. The van der Waals surface area contributed by atoms with Crippen molar-refractivity contribution in [3.63, 3.8) is 0 Å². The molecule has 130 valence electrons. The molecule has 1 N–H and O–H groups in total. The topological polar surface area (TPSA) is 64.6 Å². The summed E-state index contributed by atoms with van der Waals surface area (Å²) < 4.78 is 51.2. The highest BCUT2D eigenvalue weighted by Gasteiger charge is 2.20. The minimum absolute atomic E-state index is 0.0218. The maximum Gasteiger partial charge on any atom is 0.244 e. The molecule has 7 heteroatoms. The number of nitrogens with one attached hydrogen (secondary N) is 1. The Bertz CT molecular complexity index is 806. The minimum atomic E-state index is -3.92. The van der Waals surface area contributed by atoms with E-state index in [1.54, 1.807) is 24.3 Å². The molecule has 0 aliphatic heterocycles. The molecule has 0 amide bonds. The van der Waals surface area contributed by atoms with Crippen molar-refractivity contribution in [2.45, 2.75) is 31.4 Å². The second kappa shape index (κ2) is 7.63. The number of halogens is 1. The first-order chi connectivity index (χ1) is 11.3. The molecule has 0 unspecified atom stereocenters. The standard InChI is InChI=1S/C17H20FNO4S/c1-12(2)23-15-6-4-5-13(9-15)11-19-24(20,21)17-10-14(18)7-8-16(17)22-3/h4-10,12,19H,11H2,1-3H3. The molecule has 0 aliphatic carbocycles. The largest absolute Gasteiger partial charge is 0.495 e. The molecule has 24 heavy (non-hydrogen) atoms. The number of sulfonamides is 1. The van der Waals surface area contributed by atoms with Crippen molar-refractivity contribution in [3.05, 3.63) is 53.8 Å². The second-order valence-electron chi connectivity index (χ2n) is 5.43. The van der Waals surface area contributed by atoms with Crippen LogP contribution < -0.4 is 14.2 Å². The maximum absolute atomic E-state index is 13.4. The van der Waals surface area contributed by atoms with Crippen LogP contribution in [0.3, 0.4) is 0 Å². The van der Waals surface area contributed by atoms with Gasteiger partial charge in [-0.15, -0.1) is 0 Å². The molecule has 0 bridgehead atoms. The smallest absolute Gasteiger partial charge is 0.244 e. The van der Waals surface area contributed by atoms with Gasteiger partial charge in [0.1, 0.15) is 22.2 Å².